The van der Waals surface area contributed by atoms with Crippen LogP contribution in [0.3, 0.4) is 0 Å². The molecule has 0 heterocycles. The highest BCUT2D eigenvalue weighted by molar-refractivity contribution is 5.90. The van der Waals surface area contributed by atoms with Crippen molar-refractivity contribution in [3.8, 4) is 0 Å². The van der Waals surface area contributed by atoms with E-state index in [0.29, 0.717) is 23.0 Å². The fourth-order valence-corrected chi connectivity index (χ4v) is 3.63. The highest BCUT2D eigenvalue weighted by Crippen LogP contribution is 2.61. The lowest BCUT2D eigenvalue weighted by molar-refractivity contribution is -0.133. The number of carbonyl (C=O) groups excluding carboxylic acids is 1. The predicted molar refractivity (Wildman–Crippen MR) is 48.8 cm³/mol. The molecule has 0 aliphatic heterocycles. The molecule has 0 spiro atoms. The van der Waals surface area contributed by atoms with E-state index in [0.717, 1.165) is 12.8 Å². The molecule has 2 atom stereocenters. The minimum atomic E-state index is -0.0353. The van der Waals surface area contributed by atoms with E-state index in [4.69, 9.17) is 0 Å². The molecule has 2 rings (SSSR count). The minimum absolute atomic E-state index is 0.0353. The molecule has 12 heavy (non-hydrogen) atoms. The molecule has 0 saturated heterocycles. The van der Waals surface area contributed by atoms with Crippen molar-refractivity contribution < 1.29 is 4.79 Å². The van der Waals surface area contributed by atoms with Crippen LogP contribution in [0.25, 0.3) is 0 Å². The van der Waals surface area contributed by atoms with E-state index in [2.05, 4.69) is 27.7 Å². The van der Waals surface area contributed by atoms with Gasteiger partial charge in [-0.2, -0.15) is 0 Å². The second-order valence-electron chi connectivity index (χ2n) is 5.76. The molecule has 0 aromatic rings. The first-order chi connectivity index (χ1) is 5.36. The van der Waals surface area contributed by atoms with Gasteiger partial charge in [0.05, 0.1) is 0 Å². The van der Waals surface area contributed by atoms with E-state index in [-0.39, 0.29) is 5.41 Å². The smallest absolute Gasteiger partial charge is 0.141 e. The lowest BCUT2D eigenvalue weighted by atomic mass is 9.63. The van der Waals surface area contributed by atoms with Crippen molar-refractivity contribution in [2.24, 2.45) is 22.7 Å². The second kappa shape index (κ2) is 1.94. The van der Waals surface area contributed by atoms with Gasteiger partial charge in [0.15, 0.2) is 0 Å². The molecular weight excluding hydrogens is 148 g/mol. The summed E-state index contributed by atoms with van der Waals surface area (Å²) in [5.74, 6) is 1.54. The van der Waals surface area contributed by atoms with E-state index in [1.807, 2.05) is 0 Å². The summed E-state index contributed by atoms with van der Waals surface area (Å²) in [5, 5.41) is 0. The summed E-state index contributed by atoms with van der Waals surface area (Å²) in [7, 11) is 0. The van der Waals surface area contributed by atoms with Gasteiger partial charge in [0.1, 0.15) is 5.78 Å². The maximum atomic E-state index is 11.8. The number of hydrogen-bond acceptors (Lipinski definition) is 1. The molecule has 2 bridgehead atoms. The Balaban J connectivity index is 2.39. The highest BCUT2D eigenvalue weighted by Gasteiger charge is 2.59. The summed E-state index contributed by atoms with van der Waals surface area (Å²) in [6, 6.07) is 0. The maximum Gasteiger partial charge on any atom is 0.141 e. The van der Waals surface area contributed by atoms with Crippen LogP contribution in [-0.4, -0.2) is 5.78 Å². The second-order valence-corrected chi connectivity index (χ2v) is 5.76. The van der Waals surface area contributed by atoms with Crippen molar-refractivity contribution in [3.63, 3.8) is 0 Å². The molecule has 0 amide bonds. The summed E-state index contributed by atoms with van der Waals surface area (Å²) in [4.78, 5) is 11.8. The van der Waals surface area contributed by atoms with Gasteiger partial charge in [-0.25, -0.2) is 0 Å². The molecule has 2 aliphatic carbocycles. The first-order valence-corrected chi connectivity index (χ1v) is 4.90. The van der Waals surface area contributed by atoms with Crippen molar-refractivity contribution in [1.29, 1.82) is 0 Å². The van der Waals surface area contributed by atoms with E-state index in [9.17, 15) is 4.79 Å². The molecule has 0 radical (unpaired) electrons. The third-order valence-corrected chi connectivity index (χ3v) is 4.11. The quantitative estimate of drug-likeness (QED) is 0.540. The monoisotopic (exact) mass is 166 g/mol. The van der Waals surface area contributed by atoms with Crippen LogP contribution >= 0.6 is 0 Å². The Hall–Kier alpha value is -0.330. The molecule has 2 saturated carbocycles. The van der Waals surface area contributed by atoms with Gasteiger partial charge in [-0.05, 0) is 24.2 Å². The SMILES string of the molecule is CC1(C)CC2CC1C(C)(C)C2=O. The van der Waals surface area contributed by atoms with E-state index in [1.165, 1.54) is 0 Å². The molecule has 2 unspecified atom stereocenters. The zero-order valence-electron chi connectivity index (χ0n) is 8.48. The fourth-order valence-electron chi connectivity index (χ4n) is 3.63. The van der Waals surface area contributed by atoms with Crippen LogP contribution in [0.4, 0.5) is 0 Å². The number of hydrogen-bond donors (Lipinski definition) is 0. The summed E-state index contributed by atoms with van der Waals surface area (Å²) in [6.45, 7) is 8.87. The molecule has 68 valence electrons. The van der Waals surface area contributed by atoms with Crippen LogP contribution in [0, 0.1) is 22.7 Å². The van der Waals surface area contributed by atoms with Gasteiger partial charge in [0, 0.05) is 11.3 Å². The Kier molecular flexibility index (Phi) is 1.34. The van der Waals surface area contributed by atoms with E-state index in [1.54, 1.807) is 0 Å². The lowest BCUT2D eigenvalue weighted by Gasteiger charge is -2.40. The average Bonchev–Trinajstić information content (AvgIpc) is 2.31. The van der Waals surface area contributed by atoms with Crippen molar-refractivity contribution in [1.82, 2.24) is 0 Å². The van der Waals surface area contributed by atoms with Crippen molar-refractivity contribution in [3.05, 3.63) is 0 Å². The number of Topliss-reactive ketones (excluding diaryl/α,β-unsaturated/α-hetero) is 1. The minimum Gasteiger partial charge on any atom is -0.299 e. The molecule has 0 aromatic carbocycles. The Morgan fingerprint density at radius 2 is 1.83 bits per heavy atom. The van der Waals surface area contributed by atoms with Gasteiger partial charge in [0.25, 0.3) is 0 Å². The third-order valence-electron chi connectivity index (χ3n) is 4.11. The van der Waals surface area contributed by atoms with Crippen LogP contribution in [0.2, 0.25) is 0 Å². The number of ketones is 1. The van der Waals surface area contributed by atoms with Gasteiger partial charge < -0.3 is 0 Å². The molecule has 0 N–H and O–H groups in total. The Bertz CT molecular complexity index is 237. The number of fused-ring (bicyclic) bond motifs is 2. The van der Waals surface area contributed by atoms with Gasteiger partial charge >= 0.3 is 0 Å². The molecule has 2 fully saturated rings. The first-order valence-electron chi connectivity index (χ1n) is 4.90. The van der Waals surface area contributed by atoms with Gasteiger partial charge in [-0.1, -0.05) is 27.7 Å². The molecule has 1 heteroatoms. The molecular formula is C11H18O. The Morgan fingerprint density at radius 3 is 2.17 bits per heavy atom. The third kappa shape index (κ3) is 0.773. The topological polar surface area (TPSA) is 17.1 Å². The standard InChI is InChI=1S/C11H18O/c1-10(2)6-7-5-8(10)11(3,4)9(7)12/h7-8H,5-6H2,1-4H3. The summed E-state index contributed by atoms with van der Waals surface area (Å²) in [6.07, 6.45) is 2.28. The van der Waals surface area contributed by atoms with Gasteiger partial charge in [-0.15, -0.1) is 0 Å². The lowest BCUT2D eigenvalue weighted by Crippen LogP contribution is -2.39. The summed E-state index contributed by atoms with van der Waals surface area (Å²) >= 11 is 0. The van der Waals surface area contributed by atoms with Crippen molar-refractivity contribution in [2.45, 2.75) is 40.5 Å². The van der Waals surface area contributed by atoms with Crippen LogP contribution in [-0.2, 0) is 4.79 Å². The molecule has 0 aromatic heterocycles. The Morgan fingerprint density at radius 1 is 1.25 bits per heavy atom. The van der Waals surface area contributed by atoms with E-state index < -0.39 is 0 Å². The zero-order valence-corrected chi connectivity index (χ0v) is 8.48. The van der Waals surface area contributed by atoms with Gasteiger partial charge in [-0.3, -0.25) is 4.79 Å². The largest absolute Gasteiger partial charge is 0.299 e. The van der Waals surface area contributed by atoms with Crippen LogP contribution < -0.4 is 0 Å². The van der Waals surface area contributed by atoms with Crippen LogP contribution in [0.5, 0.6) is 0 Å². The van der Waals surface area contributed by atoms with Crippen molar-refractivity contribution in [2.75, 3.05) is 0 Å². The average molecular weight is 166 g/mol. The fraction of sp³-hybridized carbons (Fsp3) is 0.909. The first kappa shape index (κ1) is 8.28. The summed E-state index contributed by atoms with van der Waals surface area (Å²) in [5.41, 5.74) is 0.370. The van der Waals surface area contributed by atoms with E-state index >= 15 is 0 Å². The number of rotatable bonds is 0. The normalized spacial score (nSPS) is 42.2. The molecule has 1 nitrogen and oxygen atoms in total. The van der Waals surface area contributed by atoms with Crippen LogP contribution in [0.1, 0.15) is 40.5 Å². The van der Waals surface area contributed by atoms with Crippen molar-refractivity contribution >= 4 is 5.78 Å². The van der Waals surface area contributed by atoms with Crippen LogP contribution in [0.15, 0.2) is 0 Å². The molecule has 2 aliphatic rings. The maximum absolute atomic E-state index is 11.8. The Labute approximate surface area is 74.5 Å². The zero-order chi connectivity index (χ0) is 9.15. The number of carbonyl (C=O) groups is 1. The highest BCUT2D eigenvalue weighted by atomic mass is 16.1. The van der Waals surface area contributed by atoms with Gasteiger partial charge in [0.2, 0.25) is 0 Å². The summed E-state index contributed by atoms with van der Waals surface area (Å²) < 4.78 is 0. The predicted octanol–water partition coefficient (Wildman–Crippen LogP) is 2.65.